The molecule has 0 fully saturated rings. The average molecular weight is 250 g/mol. The lowest BCUT2D eigenvalue weighted by Crippen LogP contribution is -1.84. The summed E-state index contributed by atoms with van der Waals surface area (Å²) < 4.78 is 0. The number of rotatable bonds is 3. The fraction of sp³-hybridized carbons (Fsp3) is 0.143. The van der Waals surface area contributed by atoms with Gasteiger partial charge in [-0.15, -0.1) is 0 Å². The molecule has 0 aliphatic carbocycles. The summed E-state index contributed by atoms with van der Waals surface area (Å²) in [5, 5.41) is 0. The van der Waals surface area contributed by atoms with Crippen LogP contribution in [0.3, 0.4) is 0 Å². The normalized spacial score (nSPS) is 16.6. The van der Waals surface area contributed by atoms with Gasteiger partial charge in [0.2, 0.25) is 0 Å². The predicted molar refractivity (Wildman–Crippen MR) is 79.2 cm³/mol. The summed E-state index contributed by atoms with van der Waals surface area (Å²) in [5.41, 5.74) is 0. The van der Waals surface area contributed by atoms with Gasteiger partial charge in [-0.05, 0) is 46.6 Å². The van der Waals surface area contributed by atoms with Crippen molar-refractivity contribution in [1.82, 2.24) is 0 Å². The van der Waals surface area contributed by atoms with E-state index in [-0.39, 0.29) is 19.9 Å². The fourth-order valence-electron chi connectivity index (χ4n) is 1.63. The Morgan fingerprint density at radius 1 is 0.562 bits per heavy atom. The SMILES string of the molecule is C[SH](c1ccccc1)[SH](C)c1ccccc1. The highest BCUT2D eigenvalue weighted by molar-refractivity contribution is 8.92. The molecule has 0 saturated carbocycles. The van der Waals surface area contributed by atoms with Crippen LogP contribution in [0.2, 0.25) is 0 Å². The van der Waals surface area contributed by atoms with Crippen molar-refractivity contribution in [3.05, 3.63) is 60.7 Å². The molecular formula is C14H18S2. The zero-order valence-electron chi connectivity index (χ0n) is 9.67. The lowest BCUT2D eigenvalue weighted by molar-refractivity contribution is 1.45. The molecule has 16 heavy (non-hydrogen) atoms. The molecule has 0 heterocycles. The highest BCUT2D eigenvalue weighted by Crippen LogP contribution is 2.59. The van der Waals surface area contributed by atoms with Gasteiger partial charge >= 0.3 is 0 Å². The lowest BCUT2D eigenvalue weighted by atomic mass is 10.4. The third-order valence-electron chi connectivity index (χ3n) is 2.71. The zero-order chi connectivity index (χ0) is 11.4. The monoisotopic (exact) mass is 250 g/mol. The van der Waals surface area contributed by atoms with Crippen LogP contribution in [0.25, 0.3) is 0 Å². The summed E-state index contributed by atoms with van der Waals surface area (Å²) in [6, 6.07) is 21.8. The summed E-state index contributed by atoms with van der Waals surface area (Å²) in [6.07, 6.45) is 4.78. The Labute approximate surface area is 103 Å². The van der Waals surface area contributed by atoms with E-state index in [9.17, 15) is 0 Å². The van der Waals surface area contributed by atoms with E-state index in [1.54, 1.807) is 0 Å². The van der Waals surface area contributed by atoms with E-state index in [1.165, 1.54) is 9.79 Å². The Balaban J connectivity index is 2.20. The van der Waals surface area contributed by atoms with Crippen molar-refractivity contribution in [3.63, 3.8) is 0 Å². The van der Waals surface area contributed by atoms with Gasteiger partial charge in [-0.2, -0.15) is 19.9 Å². The molecule has 0 spiro atoms. The van der Waals surface area contributed by atoms with Gasteiger partial charge in [-0.25, -0.2) is 0 Å². The van der Waals surface area contributed by atoms with Crippen molar-refractivity contribution in [2.75, 3.05) is 12.5 Å². The molecule has 2 aromatic carbocycles. The largest absolute Gasteiger partial charge is 0.196 e. The fourth-order valence-corrected chi connectivity index (χ4v) is 6.41. The van der Waals surface area contributed by atoms with Gasteiger partial charge in [0.1, 0.15) is 0 Å². The molecule has 0 aromatic heterocycles. The molecular weight excluding hydrogens is 232 g/mol. The second kappa shape index (κ2) is 5.46. The maximum absolute atomic E-state index is 2.39. The lowest BCUT2D eigenvalue weighted by Gasteiger charge is -2.28. The Kier molecular flexibility index (Phi) is 3.97. The standard InChI is InChI=1S/C14H18S2/c1-15(13-9-5-3-6-10-13)16(2)14-11-7-4-8-12-14/h3-12,15-16H,1-2H3. The van der Waals surface area contributed by atoms with E-state index in [4.69, 9.17) is 0 Å². The first-order valence-electron chi connectivity index (χ1n) is 5.36. The molecule has 2 unspecified atom stereocenters. The number of benzene rings is 2. The molecule has 0 aliphatic heterocycles. The quantitative estimate of drug-likeness (QED) is 0.589. The summed E-state index contributed by atoms with van der Waals surface area (Å²) in [4.78, 5) is 3.02. The van der Waals surface area contributed by atoms with Gasteiger partial charge < -0.3 is 0 Å². The van der Waals surface area contributed by atoms with Crippen LogP contribution in [0.1, 0.15) is 0 Å². The highest BCUT2D eigenvalue weighted by atomic mass is 33.2. The molecule has 0 radical (unpaired) electrons. The highest BCUT2D eigenvalue weighted by Gasteiger charge is 2.07. The van der Waals surface area contributed by atoms with Crippen LogP contribution < -0.4 is 0 Å². The summed E-state index contributed by atoms with van der Waals surface area (Å²) >= 11 is 0. The third kappa shape index (κ3) is 2.63. The van der Waals surface area contributed by atoms with E-state index in [0.717, 1.165) is 0 Å². The predicted octanol–water partition coefficient (Wildman–Crippen LogP) is 4.28. The second-order valence-corrected chi connectivity index (χ2v) is 10.4. The Morgan fingerprint density at radius 3 is 1.19 bits per heavy atom. The molecule has 0 N–H and O–H groups in total. The molecule has 0 nitrogen and oxygen atoms in total. The van der Waals surface area contributed by atoms with Crippen LogP contribution in [0.5, 0.6) is 0 Å². The van der Waals surface area contributed by atoms with Crippen molar-refractivity contribution in [2.45, 2.75) is 9.79 Å². The first-order chi connectivity index (χ1) is 7.79. The Bertz CT molecular complexity index is 382. The first-order valence-corrected chi connectivity index (χ1v) is 9.65. The first kappa shape index (κ1) is 11.6. The van der Waals surface area contributed by atoms with Crippen molar-refractivity contribution in [3.8, 4) is 0 Å². The van der Waals surface area contributed by atoms with E-state index in [0.29, 0.717) is 0 Å². The van der Waals surface area contributed by atoms with Gasteiger partial charge in [0.25, 0.3) is 0 Å². The van der Waals surface area contributed by atoms with E-state index in [1.807, 2.05) is 0 Å². The van der Waals surface area contributed by atoms with E-state index >= 15 is 0 Å². The van der Waals surface area contributed by atoms with Crippen molar-refractivity contribution in [1.29, 1.82) is 0 Å². The molecule has 0 aliphatic rings. The van der Waals surface area contributed by atoms with Gasteiger partial charge in [0.15, 0.2) is 0 Å². The molecule has 2 atom stereocenters. The molecule has 2 rings (SSSR count). The molecule has 2 aromatic rings. The topological polar surface area (TPSA) is 0 Å². The number of thiol groups is 2. The smallest absolute Gasteiger partial charge is 0.00525 e. The van der Waals surface area contributed by atoms with Gasteiger partial charge in [-0.3, -0.25) is 0 Å². The van der Waals surface area contributed by atoms with Crippen LogP contribution >= 0.6 is 19.9 Å². The van der Waals surface area contributed by atoms with Crippen LogP contribution in [0.15, 0.2) is 70.5 Å². The van der Waals surface area contributed by atoms with Gasteiger partial charge in [0, 0.05) is 0 Å². The van der Waals surface area contributed by atoms with E-state index < -0.39 is 0 Å². The zero-order valence-corrected chi connectivity index (χ0v) is 11.5. The van der Waals surface area contributed by atoms with Gasteiger partial charge in [0.05, 0.1) is 0 Å². The third-order valence-corrected chi connectivity index (χ3v) is 9.79. The van der Waals surface area contributed by atoms with Crippen LogP contribution in [-0.4, -0.2) is 12.5 Å². The molecule has 0 saturated heterocycles. The summed E-state index contributed by atoms with van der Waals surface area (Å²) in [7, 11) is -0.0967. The minimum Gasteiger partial charge on any atom is -0.196 e. The van der Waals surface area contributed by atoms with Crippen molar-refractivity contribution >= 4 is 19.9 Å². The molecule has 0 amide bonds. The van der Waals surface area contributed by atoms with Crippen molar-refractivity contribution < 1.29 is 0 Å². The second-order valence-electron chi connectivity index (χ2n) is 3.72. The maximum Gasteiger partial charge on any atom is -0.00525 e. The Hall–Kier alpha value is -0.860. The summed E-state index contributed by atoms with van der Waals surface area (Å²) in [6.45, 7) is 0. The Morgan fingerprint density at radius 2 is 0.875 bits per heavy atom. The van der Waals surface area contributed by atoms with E-state index in [2.05, 4.69) is 73.2 Å². The maximum atomic E-state index is 2.39. The van der Waals surface area contributed by atoms with Gasteiger partial charge in [-0.1, -0.05) is 36.4 Å². The van der Waals surface area contributed by atoms with Crippen molar-refractivity contribution in [2.24, 2.45) is 0 Å². The van der Waals surface area contributed by atoms with Crippen LogP contribution in [-0.2, 0) is 0 Å². The average Bonchev–Trinajstić information content (AvgIpc) is 2.39. The van der Waals surface area contributed by atoms with Crippen LogP contribution in [0.4, 0.5) is 0 Å². The minimum atomic E-state index is -0.0484. The number of hydrogen-bond acceptors (Lipinski definition) is 0. The molecule has 2 heteroatoms. The molecule has 86 valence electrons. The minimum absolute atomic E-state index is 0.0484. The summed E-state index contributed by atoms with van der Waals surface area (Å²) in [5.74, 6) is 0. The molecule has 0 bridgehead atoms. The van der Waals surface area contributed by atoms with Crippen LogP contribution in [0, 0.1) is 0 Å². The number of hydrogen-bond donors (Lipinski definition) is 2.